The monoisotopic (exact) mass is 557 g/mol. The van der Waals surface area contributed by atoms with Gasteiger partial charge in [0.1, 0.15) is 11.3 Å². The summed E-state index contributed by atoms with van der Waals surface area (Å²) < 4.78 is 6.69. The van der Waals surface area contributed by atoms with Crippen LogP contribution in [0.15, 0.2) is 65.1 Å². The summed E-state index contributed by atoms with van der Waals surface area (Å²) in [6, 6.07) is 18.0. The summed E-state index contributed by atoms with van der Waals surface area (Å²) in [6.07, 6.45) is 0. The zero-order valence-corrected chi connectivity index (χ0v) is 20.3. The maximum absolute atomic E-state index is 12.5. The zero-order chi connectivity index (χ0) is 22.8. The topological polar surface area (TPSA) is 87.4 Å². The van der Waals surface area contributed by atoms with Gasteiger partial charge in [-0.1, -0.05) is 32.0 Å². The molecule has 8 heteroatoms. The number of benzene rings is 3. The summed E-state index contributed by atoms with van der Waals surface area (Å²) in [4.78, 5) is 17.0. The fourth-order valence-electron chi connectivity index (χ4n) is 3.18. The van der Waals surface area contributed by atoms with Crippen LogP contribution in [0.4, 0.5) is 5.69 Å². The van der Waals surface area contributed by atoms with Crippen LogP contribution in [0.3, 0.4) is 0 Å². The van der Waals surface area contributed by atoms with Crippen LogP contribution in [0.1, 0.15) is 35.7 Å². The van der Waals surface area contributed by atoms with Crippen LogP contribution in [-0.2, 0) is 0 Å². The van der Waals surface area contributed by atoms with Crippen LogP contribution in [-0.4, -0.2) is 21.1 Å². The molecule has 0 aliphatic rings. The van der Waals surface area contributed by atoms with E-state index in [4.69, 9.17) is 16.6 Å². The van der Waals surface area contributed by atoms with Crippen LogP contribution < -0.4 is 10.6 Å². The van der Waals surface area contributed by atoms with E-state index in [0.29, 0.717) is 34.2 Å². The SMILES string of the molecule is CC(C)c1ccc2oc(-c3cc(NC(=S)NC(=O)c4ccccc4I)ccc3O)nc2c1. The minimum atomic E-state index is -0.300. The number of carbonyl (C=O) groups excluding carboxylic acids is 1. The van der Waals surface area contributed by atoms with Crippen molar-refractivity contribution in [2.45, 2.75) is 19.8 Å². The van der Waals surface area contributed by atoms with Gasteiger partial charge in [0.2, 0.25) is 5.89 Å². The number of fused-ring (bicyclic) bond motifs is 1. The Hall–Kier alpha value is -2.98. The first-order valence-corrected chi connectivity index (χ1v) is 11.4. The number of carbonyl (C=O) groups is 1. The molecule has 0 saturated carbocycles. The lowest BCUT2D eigenvalue weighted by Gasteiger charge is -2.11. The Bertz CT molecular complexity index is 1330. The molecule has 3 aromatic carbocycles. The molecule has 0 aliphatic heterocycles. The van der Waals surface area contributed by atoms with E-state index < -0.39 is 0 Å². The molecule has 4 aromatic rings. The summed E-state index contributed by atoms with van der Waals surface area (Å²) in [5.41, 5.74) is 4.06. The first-order valence-electron chi connectivity index (χ1n) is 9.92. The van der Waals surface area contributed by atoms with Gasteiger partial charge in [-0.05, 0) is 88.8 Å². The number of phenolic OH excluding ortho intramolecular Hbond substituents is 1. The van der Waals surface area contributed by atoms with Gasteiger partial charge in [0.25, 0.3) is 5.91 Å². The lowest BCUT2D eigenvalue weighted by Crippen LogP contribution is -2.34. The lowest BCUT2D eigenvalue weighted by molar-refractivity contribution is 0.0977. The van der Waals surface area contributed by atoms with Crippen LogP contribution in [0.2, 0.25) is 0 Å². The average molecular weight is 557 g/mol. The van der Waals surface area contributed by atoms with Gasteiger partial charge >= 0.3 is 0 Å². The van der Waals surface area contributed by atoms with Gasteiger partial charge in [0.15, 0.2) is 10.7 Å². The van der Waals surface area contributed by atoms with Crippen molar-refractivity contribution in [1.29, 1.82) is 0 Å². The highest BCUT2D eigenvalue weighted by molar-refractivity contribution is 14.1. The highest BCUT2D eigenvalue weighted by atomic mass is 127. The molecule has 1 heterocycles. The molecule has 0 aliphatic carbocycles. The number of nitrogens with one attached hydrogen (secondary N) is 2. The number of hydrogen-bond donors (Lipinski definition) is 3. The number of anilines is 1. The van der Waals surface area contributed by atoms with Crippen molar-refractivity contribution in [3.63, 3.8) is 0 Å². The van der Waals surface area contributed by atoms with Crippen molar-refractivity contribution < 1.29 is 14.3 Å². The molecule has 0 spiro atoms. The lowest BCUT2D eigenvalue weighted by atomic mass is 10.0. The van der Waals surface area contributed by atoms with E-state index >= 15 is 0 Å². The molecule has 162 valence electrons. The third-order valence-electron chi connectivity index (χ3n) is 4.91. The second kappa shape index (κ2) is 9.25. The minimum Gasteiger partial charge on any atom is -0.507 e. The van der Waals surface area contributed by atoms with E-state index in [-0.39, 0.29) is 16.8 Å². The number of rotatable bonds is 4. The molecule has 3 N–H and O–H groups in total. The van der Waals surface area contributed by atoms with E-state index in [1.165, 1.54) is 6.07 Å². The van der Waals surface area contributed by atoms with E-state index in [1.54, 1.807) is 24.3 Å². The Balaban J connectivity index is 1.55. The van der Waals surface area contributed by atoms with Crippen molar-refractivity contribution in [2.75, 3.05) is 5.32 Å². The Morgan fingerprint density at radius 1 is 1.12 bits per heavy atom. The van der Waals surface area contributed by atoms with Gasteiger partial charge in [-0.2, -0.15) is 0 Å². The number of nitrogens with zero attached hydrogens (tertiary/aromatic N) is 1. The van der Waals surface area contributed by atoms with Crippen LogP contribution in [0.5, 0.6) is 5.75 Å². The number of halogens is 1. The molecular weight excluding hydrogens is 537 g/mol. The quantitative estimate of drug-likeness (QED) is 0.161. The first kappa shape index (κ1) is 22.2. The number of amides is 1. The summed E-state index contributed by atoms with van der Waals surface area (Å²) in [7, 11) is 0. The summed E-state index contributed by atoms with van der Waals surface area (Å²) in [6.45, 7) is 4.23. The summed E-state index contributed by atoms with van der Waals surface area (Å²) >= 11 is 7.39. The standard InChI is InChI=1S/C24H20IN3O3S/c1-13(2)14-7-10-21-19(11-14)27-23(31-21)17-12-15(8-9-20(17)29)26-24(32)28-22(30)16-5-3-4-6-18(16)25/h3-13,29H,1-2H3,(H2,26,28,30,32). The molecule has 0 fully saturated rings. The van der Waals surface area contributed by atoms with E-state index in [9.17, 15) is 9.90 Å². The molecule has 0 radical (unpaired) electrons. The van der Waals surface area contributed by atoms with Gasteiger partial charge in [-0.15, -0.1) is 0 Å². The third kappa shape index (κ3) is 4.76. The predicted octanol–water partition coefficient (Wildman–Crippen LogP) is 6.06. The van der Waals surface area contributed by atoms with Crippen molar-refractivity contribution in [3.8, 4) is 17.2 Å². The normalized spacial score (nSPS) is 11.0. The van der Waals surface area contributed by atoms with E-state index in [0.717, 1.165) is 14.7 Å². The smallest absolute Gasteiger partial charge is 0.258 e. The van der Waals surface area contributed by atoms with Gasteiger partial charge in [0.05, 0.1) is 11.1 Å². The number of hydrogen-bond acceptors (Lipinski definition) is 5. The second-order valence-electron chi connectivity index (χ2n) is 7.52. The molecule has 1 aromatic heterocycles. The summed E-state index contributed by atoms with van der Waals surface area (Å²) in [5.74, 6) is 0.401. The number of phenols is 1. The van der Waals surface area contributed by atoms with Crippen molar-refractivity contribution in [1.82, 2.24) is 10.3 Å². The second-order valence-corrected chi connectivity index (χ2v) is 9.09. The van der Waals surface area contributed by atoms with E-state index in [2.05, 4.69) is 52.1 Å². The highest BCUT2D eigenvalue weighted by Crippen LogP contribution is 2.34. The molecule has 4 rings (SSSR count). The Morgan fingerprint density at radius 3 is 2.66 bits per heavy atom. The number of aromatic nitrogens is 1. The van der Waals surface area contributed by atoms with Gasteiger partial charge < -0.3 is 14.8 Å². The molecule has 6 nitrogen and oxygen atoms in total. The molecule has 32 heavy (non-hydrogen) atoms. The number of aromatic hydroxyl groups is 1. The predicted molar refractivity (Wildman–Crippen MR) is 138 cm³/mol. The van der Waals surface area contributed by atoms with Crippen LogP contribution >= 0.6 is 34.8 Å². The van der Waals surface area contributed by atoms with Gasteiger partial charge in [-0.3, -0.25) is 10.1 Å². The van der Waals surface area contributed by atoms with Crippen LogP contribution in [0.25, 0.3) is 22.6 Å². The molecule has 0 atom stereocenters. The van der Waals surface area contributed by atoms with Crippen LogP contribution in [0, 0.1) is 3.57 Å². The average Bonchev–Trinajstić information content (AvgIpc) is 3.18. The van der Waals surface area contributed by atoms with Gasteiger partial charge in [0, 0.05) is 9.26 Å². The Kier molecular flexibility index (Phi) is 6.43. The van der Waals surface area contributed by atoms with E-state index in [1.807, 2.05) is 30.3 Å². The summed E-state index contributed by atoms with van der Waals surface area (Å²) in [5, 5.41) is 16.2. The molecule has 0 bridgehead atoms. The maximum atomic E-state index is 12.5. The molecule has 0 saturated heterocycles. The fraction of sp³-hybridized carbons (Fsp3) is 0.125. The van der Waals surface area contributed by atoms with Crippen molar-refractivity contribution >= 4 is 62.6 Å². The van der Waals surface area contributed by atoms with Crippen molar-refractivity contribution in [2.24, 2.45) is 0 Å². The minimum absolute atomic E-state index is 0.0278. The maximum Gasteiger partial charge on any atom is 0.258 e. The molecule has 1 amide bonds. The Labute approximate surface area is 204 Å². The van der Waals surface area contributed by atoms with Gasteiger partial charge in [-0.25, -0.2) is 4.98 Å². The number of thiocarbonyl (C=S) groups is 1. The molecule has 0 unspecified atom stereocenters. The highest BCUT2D eigenvalue weighted by Gasteiger charge is 2.16. The third-order valence-corrected chi connectivity index (χ3v) is 6.05. The van der Waals surface area contributed by atoms with Crippen molar-refractivity contribution in [3.05, 3.63) is 75.4 Å². The zero-order valence-electron chi connectivity index (χ0n) is 17.3. The molecular formula is C24H20IN3O3S. The largest absolute Gasteiger partial charge is 0.507 e. The number of oxazole rings is 1. The first-order chi connectivity index (χ1) is 15.3. The fourth-order valence-corrected chi connectivity index (χ4v) is 4.02. The Morgan fingerprint density at radius 2 is 1.91 bits per heavy atom.